The standard InChI is InChI=1S/C14H14FN3O/c1-9-6-7-10(15)8-12(9)18-14(19)11-4-3-5-13(16-2)17-11/h3-8H,1-2H3,(H,16,17)(H,18,19). The first-order chi connectivity index (χ1) is 9.10. The summed E-state index contributed by atoms with van der Waals surface area (Å²) in [7, 11) is 1.72. The van der Waals surface area contributed by atoms with Crippen LogP contribution in [-0.4, -0.2) is 17.9 Å². The maximum absolute atomic E-state index is 13.1. The van der Waals surface area contributed by atoms with Gasteiger partial charge in [-0.05, 0) is 36.8 Å². The van der Waals surface area contributed by atoms with Gasteiger partial charge in [-0.3, -0.25) is 4.79 Å². The number of anilines is 2. The maximum atomic E-state index is 13.1. The lowest BCUT2D eigenvalue weighted by molar-refractivity contribution is 0.102. The summed E-state index contributed by atoms with van der Waals surface area (Å²) in [6.07, 6.45) is 0. The zero-order chi connectivity index (χ0) is 13.8. The molecule has 0 atom stereocenters. The van der Waals surface area contributed by atoms with E-state index in [0.29, 0.717) is 11.5 Å². The van der Waals surface area contributed by atoms with Crippen LogP contribution in [0.15, 0.2) is 36.4 Å². The molecule has 1 amide bonds. The van der Waals surface area contributed by atoms with Crippen molar-refractivity contribution in [2.75, 3.05) is 17.7 Å². The first-order valence-corrected chi connectivity index (χ1v) is 5.82. The molecule has 2 aromatic rings. The summed E-state index contributed by atoms with van der Waals surface area (Å²) < 4.78 is 13.1. The Morgan fingerprint density at radius 2 is 2.05 bits per heavy atom. The number of hydrogen-bond donors (Lipinski definition) is 2. The Balaban J connectivity index is 2.22. The number of nitrogens with zero attached hydrogens (tertiary/aromatic N) is 1. The fourth-order valence-electron chi connectivity index (χ4n) is 1.62. The van der Waals surface area contributed by atoms with E-state index in [2.05, 4.69) is 15.6 Å². The summed E-state index contributed by atoms with van der Waals surface area (Å²) in [5.74, 6) is -0.160. The second kappa shape index (κ2) is 5.48. The number of nitrogens with one attached hydrogen (secondary N) is 2. The highest BCUT2D eigenvalue weighted by molar-refractivity contribution is 6.03. The van der Waals surface area contributed by atoms with E-state index in [-0.39, 0.29) is 11.6 Å². The number of benzene rings is 1. The van der Waals surface area contributed by atoms with Crippen LogP contribution >= 0.6 is 0 Å². The third-order valence-corrected chi connectivity index (χ3v) is 2.69. The Hall–Kier alpha value is -2.43. The number of carbonyl (C=O) groups excluding carboxylic acids is 1. The van der Waals surface area contributed by atoms with Crippen molar-refractivity contribution in [2.24, 2.45) is 0 Å². The van der Waals surface area contributed by atoms with E-state index < -0.39 is 5.82 Å². The van der Waals surface area contributed by atoms with Crippen LogP contribution in [0.3, 0.4) is 0 Å². The van der Waals surface area contributed by atoms with E-state index in [1.165, 1.54) is 12.1 Å². The van der Waals surface area contributed by atoms with Crippen molar-refractivity contribution >= 4 is 17.4 Å². The Bertz CT molecular complexity index is 613. The van der Waals surface area contributed by atoms with E-state index in [9.17, 15) is 9.18 Å². The van der Waals surface area contributed by atoms with Gasteiger partial charge in [-0.25, -0.2) is 9.37 Å². The second-order valence-corrected chi connectivity index (χ2v) is 4.07. The topological polar surface area (TPSA) is 54.0 Å². The van der Waals surface area contributed by atoms with Crippen molar-refractivity contribution in [2.45, 2.75) is 6.92 Å². The van der Waals surface area contributed by atoms with Crippen molar-refractivity contribution in [3.8, 4) is 0 Å². The molecule has 0 saturated carbocycles. The van der Waals surface area contributed by atoms with Crippen LogP contribution in [0.1, 0.15) is 16.1 Å². The number of aromatic nitrogens is 1. The molecule has 0 aliphatic rings. The van der Waals surface area contributed by atoms with Crippen LogP contribution < -0.4 is 10.6 Å². The molecule has 0 radical (unpaired) electrons. The summed E-state index contributed by atoms with van der Waals surface area (Å²) >= 11 is 0. The summed E-state index contributed by atoms with van der Waals surface area (Å²) in [6, 6.07) is 9.34. The molecule has 2 rings (SSSR count). The summed E-state index contributed by atoms with van der Waals surface area (Å²) in [5.41, 5.74) is 1.51. The highest BCUT2D eigenvalue weighted by atomic mass is 19.1. The van der Waals surface area contributed by atoms with Crippen molar-refractivity contribution in [3.63, 3.8) is 0 Å². The molecule has 1 aromatic heterocycles. The normalized spacial score (nSPS) is 10.1. The van der Waals surface area contributed by atoms with Crippen molar-refractivity contribution in [1.29, 1.82) is 0 Å². The maximum Gasteiger partial charge on any atom is 0.274 e. The van der Waals surface area contributed by atoms with Crippen LogP contribution in [0.2, 0.25) is 0 Å². The smallest absolute Gasteiger partial charge is 0.274 e. The molecule has 0 spiro atoms. The minimum atomic E-state index is -0.391. The van der Waals surface area contributed by atoms with Crippen LogP contribution in [0.25, 0.3) is 0 Å². The zero-order valence-electron chi connectivity index (χ0n) is 10.7. The number of rotatable bonds is 3. The first-order valence-electron chi connectivity index (χ1n) is 5.82. The van der Waals surface area contributed by atoms with Gasteiger partial charge in [0.2, 0.25) is 0 Å². The van der Waals surface area contributed by atoms with Gasteiger partial charge < -0.3 is 10.6 Å². The van der Waals surface area contributed by atoms with E-state index in [4.69, 9.17) is 0 Å². The fourth-order valence-corrected chi connectivity index (χ4v) is 1.62. The van der Waals surface area contributed by atoms with Crippen LogP contribution in [-0.2, 0) is 0 Å². The van der Waals surface area contributed by atoms with Gasteiger partial charge in [0.15, 0.2) is 0 Å². The highest BCUT2D eigenvalue weighted by Crippen LogP contribution is 2.17. The van der Waals surface area contributed by atoms with Gasteiger partial charge in [-0.1, -0.05) is 12.1 Å². The average molecular weight is 259 g/mol. The lowest BCUT2D eigenvalue weighted by Gasteiger charge is -2.08. The van der Waals surface area contributed by atoms with Crippen molar-refractivity contribution in [1.82, 2.24) is 4.98 Å². The molecule has 4 nitrogen and oxygen atoms in total. The predicted molar refractivity (Wildman–Crippen MR) is 72.9 cm³/mol. The number of aryl methyl sites for hydroxylation is 1. The Morgan fingerprint density at radius 3 is 2.79 bits per heavy atom. The van der Waals surface area contributed by atoms with E-state index in [1.54, 1.807) is 38.2 Å². The number of amides is 1. The fraction of sp³-hybridized carbons (Fsp3) is 0.143. The van der Waals surface area contributed by atoms with Crippen LogP contribution in [0, 0.1) is 12.7 Å². The lowest BCUT2D eigenvalue weighted by Crippen LogP contribution is -2.15. The molecule has 0 aliphatic heterocycles. The second-order valence-electron chi connectivity index (χ2n) is 4.07. The SMILES string of the molecule is CNc1cccc(C(=O)Nc2cc(F)ccc2C)n1. The summed E-state index contributed by atoms with van der Waals surface area (Å²) in [6.45, 7) is 1.80. The Kier molecular flexibility index (Phi) is 3.75. The molecule has 1 aromatic carbocycles. The van der Waals surface area contributed by atoms with Gasteiger partial charge in [0.25, 0.3) is 5.91 Å². The van der Waals surface area contributed by atoms with Gasteiger partial charge in [0.05, 0.1) is 0 Å². The number of halogens is 1. The van der Waals surface area contributed by atoms with Gasteiger partial charge in [0.1, 0.15) is 17.3 Å². The molecule has 0 saturated heterocycles. The minimum absolute atomic E-state index is 0.274. The number of hydrogen-bond acceptors (Lipinski definition) is 3. The molecule has 2 N–H and O–H groups in total. The first kappa shape index (κ1) is 13.0. The highest BCUT2D eigenvalue weighted by Gasteiger charge is 2.10. The molecule has 5 heteroatoms. The van der Waals surface area contributed by atoms with Gasteiger partial charge >= 0.3 is 0 Å². The van der Waals surface area contributed by atoms with Crippen molar-refractivity contribution < 1.29 is 9.18 Å². The van der Waals surface area contributed by atoms with E-state index >= 15 is 0 Å². The van der Waals surface area contributed by atoms with Crippen LogP contribution in [0.4, 0.5) is 15.9 Å². The molecule has 98 valence electrons. The molecule has 0 unspecified atom stereocenters. The molecule has 0 aliphatic carbocycles. The van der Waals surface area contributed by atoms with Crippen molar-refractivity contribution in [3.05, 3.63) is 53.5 Å². The molecule has 0 fully saturated rings. The number of pyridine rings is 1. The van der Waals surface area contributed by atoms with E-state index in [0.717, 1.165) is 5.56 Å². The lowest BCUT2D eigenvalue weighted by atomic mass is 10.2. The third kappa shape index (κ3) is 3.07. The number of carbonyl (C=O) groups is 1. The van der Waals surface area contributed by atoms with Gasteiger partial charge in [-0.2, -0.15) is 0 Å². The quantitative estimate of drug-likeness (QED) is 0.891. The minimum Gasteiger partial charge on any atom is -0.373 e. The molecular weight excluding hydrogens is 245 g/mol. The van der Waals surface area contributed by atoms with Gasteiger partial charge in [-0.15, -0.1) is 0 Å². The van der Waals surface area contributed by atoms with Crippen LogP contribution in [0.5, 0.6) is 0 Å². The summed E-state index contributed by atoms with van der Waals surface area (Å²) in [4.78, 5) is 16.1. The monoisotopic (exact) mass is 259 g/mol. The predicted octanol–water partition coefficient (Wildman–Crippen LogP) is 2.82. The molecule has 19 heavy (non-hydrogen) atoms. The Labute approximate surface area is 110 Å². The molecule has 1 heterocycles. The molecule has 0 bridgehead atoms. The largest absolute Gasteiger partial charge is 0.373 e. The Morgan fingerprint density at radius 1 is 1.26 bits per heavy atom. The van der Waals surface area contributed by atoms with E-state index in [1.807, 2.05) is 0 Å². The third-order valence-electron chi connectivity index (χ3n) is 2.69. The van der Waals surface area contributed by atoms with Gasteiger partial charge in [0, 0.05) is 12.7 Å². The zero-order valence-corrected chi connectivity index (χ0v) is 10.7. The molecular formula is C14H14FN3O. The summed E-state index contributed by atoms with van der Waals surface area (Å²) in [5, 5.41) is 5.50. The average Bonchev–Trinajstić information content (AvgIpc) is 2.43.